The second-order valence-corrected chi connectivity index (χ2v) is 4.78. The third-order valence-corrected chi connectivity index (χ3v) is 3.25. The normalized spacial score (nSPS) is 12.2. The van der Waals surface area contributed by atoms with Crippen molar-refractivity contribution in [2.24, 2.45) is 0 Å². The Labute approximate surface area is 118 Å². The van der Waals surface area contributed by atoms with Crippen LogP contribution in [0.1, 0.15) is 17.2 Å². The molecule has 1 heterocycles. The molecule has 0 fully saturated rings. The van der Waals surface area contributed by atoms with Crippen LogP contribution < -0.4 is 10.1 Å². The molecule has 0 spiro atoms. The molecule has 0 radical (unpaired) electrons. The lowest BCUT2D eigenvalue weighted by Crippen LogP contribution is -2.24. The van der Waals surface area contributed by atoms with Gasteiger partial charge in [-0.3, -0.25) is 4.98 Å². The van der Waals surface area contributed by atoms with Gasteiger partial charge in [0.25, 0.3) is 0 Å². The number of aromatic nitrogens is 1. The first-order chi connectivity index (χ1) is 9.20. The summed E-state index contributed by atoms with van der Waals surface area (Å²) in [5, 5.41) is 3.92. The minimum atomic E-state index is 0.104. The zero-order chi connectivity index (χ0) is 13.7. The lowest BCUT2D eigenvalue weighted by Gasteiger charge is -2.19. The van der Waals surface area contributed by atoms with Gasteiger partial charge in [-0.25, -0.2) is 0 Å². The Morgan fingerprint density at radius 3 is 2.89 bits per heavy atom. The zero-order valence-corrected chi connectivity index (χ0v) is 11.8. The van der Waals surface area contributed by atoms with E-state index in [4.69, 9.17) is 16.3 Å². The van der Waals surface area contributed by atoms with Crippen LogP contribution >= 0.6 is 11.6 Å². The van der Waals surface area contributed by atoms with Crippen LogP contribution in [0.3, 0.4) is 0 Å². The van der Waals surface area contributed by atoms with Crippen LogP contribution in [0.5, 0.6) is 5.75 Å². The summed E-state index contributed by atoms with van der Waals surface area (Å²) in [6.45, 7) is 2.60. The molecule has 1 aromatic carbocycles. The maximum atomic E-state index is 5.93. The number of benzene rings is 1. The van der Waals surface area contributed by atoms with Gasteiger partial charge in [-0.05, 0) is 49.4 Å². The smallest absolute Gasteiger partial charge is 0.120 e. The highest BCUT2D eigenvalue weighted by molar-refractivity contribution is 6.30. The largest absolute Gasteiger partial charge is 0.492 e. The van der Waals surface area contributed by atoms with Crippen molar-refractivity contribution >= 4 is 11.6 Å². The number of pyridine rings is 1. The molecule has 0 aliphatic heterocycles. The van der Waals surface area contributed by atoms with Crippen molar-refractivity contribution in [2.45, 2.75) is 13.0 Å². The van der Waals surface area contributed by atoms with Crippen LogP contribution in [0.2, 0.25) is 5.02 Å². The molecule has 1 aromatic heterocycles. The molecule has 19 heavy (non-hydrogen) atoms. The number of likely N-dealkylation sites (N-methyl/N-ethyl adjacent to an activating group) is 1. The molecule has 0 aliphatic rings. The minimum absolute atomic E-state index is 0.104. The summed E-state index contributed by atoms with van der Waals surface area (Å²) < 4.78 is 5.77. The third kappa shape index (κ3) is 3.69. The zero-order valence-electron chi connectivity index (χ0n) is 11.1. The van der Waals surface area contributed by atoms with Gasteiger partial charge < -0.3 is 10.1 Å². The van der Waals surface area contributed by atoms with Crippen molar-refractivity contribution in [1.29, 1.82) is 0 Å². The molecule has 1 atom stereocenters. The average Bonchev–Trinajstić information content (AvgIpc) is 2.41. The van der Waals surface area contributed by atoms with Gasteiger partial charge in [0.1, 0.15) is 12.4 Å². The summed E-state index contributed by atoms with van der Waals surface area (Å²) in [6.07, 6.45) is 3.67. The lowest BCUT2D eigenvalue weighted by molar-refractivity contribution is 0.272. The molecular formula is C15H17ClN2O. The van der Waals surface area contributed by atoms with E-state index in [0.29, 0.717) is 11.6 Å². The van der Waals surface area contributed by atoms with E-state index in [2.05, 4.69) is 17.2 Å². The van der Waals surface area contributed by atoms with Crippen LogP contribution in [0.25, 0.3) is 0 Å². The average molecular weight is 277 g/mol. The first-order valence-electron chi connectivity index (χ1n) is 6.17. The molecule has 100 valence electrons. The molecule has 0 amide bonds. The number of nitrogens with one attached hydrogen (secondary N) is 1. The highest BCUT2D eigenvalue weighted by Gasteiger charge is 2.12. The fraction of sp³-hybridized carbons (Fsp3) is 0.267. The number of hydrogen-bond acceptors (Lipinski definition) is 3. The molecule has 4 heteroatoms. The highest BCUT2D eigenvalue weighted by Crippen LogP contribution is 2.20. The fourth-order valence-corrected chi connectivity index (χ4v) is 2.09. The molecule has 2 rings (SSSR count). The number of nitrogens with zero attached hydrogens (tertiary/aromatic N) is 1. The van der Waals surface area contributed by atoms with E-state index in [9.17, 15) is 0 Å². The van der Waals surface area contributed by atoms with E-state index >= 15 is 0 Å². The first-order valence-corrected chi connectivity index (χ1v) is 6.54. The van der Waals surface area contributed by atoms with Crippen LogP contribution in [0.15, 0.2) is 42.7 Å². The van der Waals surface area contributed by atoms with Crippen molar-refractivity contribution in [3.05, 3.63) is 58.9 Å². The second-order valence-electron chi connectivity index (χ2n) is 4.34. The summed E-state index contributed by atoms with van der Waals surface area (Å²) >= 11 is 5.93. The van der Waals surface area contributed by atoms with Crippen LogP contribution in [0, 0.1) is 6.92 Å². The van der Waals surface area contributed by atoms with Crippen LogP contribution in [-0.2, 0) is 0 Å². The van der Waals surface area contributed by atoms with Gasteiger partial charge in [0, 0.05) is 17.4 Å². The van der Waals surface area contributed by atoms with Crippen molar-refractivity contribution in [2.75, 3.05) is 13.7 Å². The van der Waals surface area contributed by atoms with Gasteiger partial charge >= 0.3 is 0 Å². The van der Waals surface area contributed by atoms with Crippen LogP contribution in [-0.4, -0.2) is 18.6 Å². The number of hydrogen-bond donors (Lipinski definition) is 1. The number of rotatable bonds is 5. The Kier molecular flexibility index (Phi) is 4.77. The van der Waals surface area contributed by atoms with Gasteiger partial charge in [-0.1, -0.05) is 17.7 Å². The minimum Gasteiger partial charge on any atom is -0.492 e. The quantitative estimate of drug-likeness (QED) is 0.909. The van der Waals surface area contributed by atoms with E-state index in [1.54, 1.807) is 6.20 Å². The van der Waals surface area contributed by atoms with Gasteiger partial charge in [0.15, 0.2) is 0 Å². The van der Waals surface area contributed by atoms with Gasteiger partial charge in [0.2, 0.25) is 0 Å². The van der Waals surface area contributed by atoms with Gasteiger partial charge in [-0.15, -0.1) is 0 Å². The maximum Gasteiger partial charge on any atom is 0.120 e. The molecule has 1 unspecified atom stereocenters. The monoisotopic (exact) mass is 276 g/mol. The van der Waals surface area contributed by atoms with E-state index < -0.39 is 0 Å². The summed E-state index contributed by atoms with van der Waals surface area (Å²) in [5.74, 6) is 0.772. The van der Waals surface area contributed by atoms with Crippen LogP contribution in [0.4, 0.5) is 0 Å². The molecule has 0 saturated heterocycles. The van der Waals surface area contributed by atoms with Gasteiger partial charge in [0.05, 0.1) is 6.04 Å². The van der Waals surface area contributed by atoms with E-state index in [0.717, 1.165) is 11.3 Å². The van der Waals surface area contributed by atoms with E-state index in [1.807, 2.05) is 43.6 Å². The second kappa shape index (κ2) is 6.55. The molecule has 2 aromatic rings. The topological polar surface area (TPSA) is 34.1 Å². The molecule has 0 saturated carbocycles. The Balaban J connectivity index is 2.06. The molecule has 1 N–H and O–H groups in total. The third-order valence-electron chi connectivity index (χ3n) is 3.02. The predicted molar refractivity (Wildman–Crippen MR) is 77.7 cm³/mol. The molecular weight excluding hydrogens is 260 g/mol. The molecule has 0 bridgehead atoms. The van der Waals surface area contributed by atoms with E-state index in [1.165, 1.54) is 5.56 Å². The number of halogens is 1. The lowest BCUT2D eigenvalue weighted by atomic mass is 10.1. The SMILES string of the molecule is CNC(COc1cccc(Cl)c1)c1cnccc1C. The highest BCUT2D eigenvalue weighted by atomic mass is 35.5. The van der Waals surface area contributed by atoms with Crippen molar-refractivity contribution in [3.63, 3.8) is 0 Å². The van der Waals surface area contributed by atoms with E-state index in [-0.39, 0.29) is 6.04 Å². The number of aryl methyl sites for hydroxylation is 1. The Bertz CT molecular complexity index is 545. The summed E-state index contributed by atoms with van der Waals surface area (Å²) in [7, 11) is 1.92. The van der Waals surface area contributed by atoms with Gasteiger partial charge in [-0.2, -0.15) is 0 Å². The predicted octanol–water partition coefficient (Wildman–Crippen LogP) is 3.38. The Morgan fingerprint density at radius 1 is 1.37 bits per heavy atom. The van der Waals surface area contributed by atoms with Crippen molar-refractivity contribution < 1.29 is 4.74 Å². The summed E-state index contributed by atoms with van der Waals surface area (Å²) in [6, 6.07) is 9.52. The maximum absolute atomic E-state index is 5.93. The standard InChI is InChI=1S/C15H17ClN2O/c1-11-6-7-18-9-14(11)15(17-2)10-19-13-5-3-4-12(16)8-13/h3-9,15,17H,10H2,1-2H3. The molecule has 0 aliphatic carbocycles. The molecule has 3 nitrogen and oxygen atoms in total. The first kappa shape index (κ1) is 13.8. The fourth-order valence-electron chi connectivity index (χ4n) is 1.91. The number of ether oxygens (including phenoxy) is 1. The Hall–Kier alpha value is -1.58. The summed E-state index contributed by atoms with van der Waals surface area (Å²) in [5.41, 5.74) is 2.34. The summed E-state index contributed by atoms with van der Waals surface area (Å²) in [4.78, 5) is 4.17. The van der Waals surface area contributed by atoms with Crippen molar-refractivity contribution in [1.82, 2.24) is 10.3 Å². The van der Waals surface area contributed by atoms with Crippen molar-refractivity contribution in [3.8, 4) is 5.75 Å². The Morgan fingerprint density at radius 2 is 2.21 bits per heavy atom.